The molecule has 1 aromatic heterocycles. The molecule has 146 valence electrons. The Hall–Kier alpha value is -2.21. The molecule has 0 atom stereocenters. The van der Waals surface area contributed by atoms with Crippen LogP contribution >= 0.6 is 11.3 Å². The molecule has 1 aliphatic rings. The second-order valence-electron chi connectivity index (χ2n) is 6.59. The molecule has 1 aromatic carbocycles. The molecular weight excluding hydrogens is 356 g/mol. The minimum absolute atomic E-state index is 0.459. The molecule has 2 aromatic rings. The topological polar surface area (TPSA) is 48.9 Å². The number of para-hydroxylation sites is 1. The Morgan fingerprint density at radius 1 is 1.19 bits per heavy atom. The molecule has 2 heterocycles. The van der Waals surface area contributed by atoms with Crippen LogP contribution in [0.25, 0.3) is 0 Å². The first-order chi connectivity index (χ1) is 13.3. The highest BCUT2D eigenvalue weighted by Crippen LogP contribution is 2.25. The molecule has 0 aliphatic carbocycles. The van der Waals surface area contributed by atoms with Crippen molar-refractivity contribution in [2.45, 2.75) is 39.3 Å². The smallest absolute Gasteiger partial charge is 0.191 e. The fourth-order valence-electron chi connectivity index (χ4n) is 3.30. The Kier molecular flexibility index (Phi) is 7.39. The standard InChI is InChI=1S/C21H30N4OS/c1-3-22-21(23-16-17-8-5-6-9-19(17)26-4-2)24-18-11-13-25(14-12-18)20-10-7-15-27-20/h5-10,15,18H,3-4,11-14,16H2,1-2H3,(H2,22,23,24). The van der Waals surface area contributed by atoms with E-state index in [2.05, 4.69) is 46.0 Å². The lowest BCUT2D eigenvalue weighted by Crippen LogP contribution is -2.48. The number of nitrogens with one attached hydrogen (secondary N) is 2. The molecule has 1 aliphatic heterocycles. The van der Waals surface area contributed by atoms with E-state index in [1.165, 1.54) is 5.00 Å². The van der Waals surface area contributed by atoms with Crippen molar-refractivity contribution in [2.24, 2.45) is 4.99 Å². The van der Waals surface area contributed by atoms with Crippen LogP contribution in [0.3, 0.4) is 0 Å². The van der Waals surface area contributed by atoms with Gasteiger partial charge in [-0.3, -0.25) is 0 Å². The van der Waals surface area contributed by atoms with Gasteiger partial charge in [-0.05, 0) is 50.3 Å². The van der Waals surface area contributed by atoms with Crippen molar-refractivity contribution >= 4 is 22.3 Å². The summed E-state index contributed by atoms with van der Waals surface area (Å²) in [4.78, 5) is 7.27. The van der Waals surface area contributed by atoms with E-state index >= 15 is 0 Å². The quantitative estimate of drug-likeness (QED) is 0.560. The number of hydrogen-bond acceptors (Lipinski definition) is 4. The maximum absolute atomic E-state index is 5.71. The normalized spacial score (nSPS) is 15.6. The van der Waals surface area contributed by atoms with Crippen LogP contribution < -0.4 is 20.3 Å². The SMILES string of the molecule is CCNC(=NCc1ccccc1OCC)NC1CCN(c2cccs2)CC1. The van der Waals surface area contributed by atoms with Crippen LogP contribution in [-0.4, -0.2) is 38.2 Å². The van der Waals surface area contributed by atoms with Gasteiger partial charge in [0.05, 0.1) is 18.2 Å². The lowest BCUT2D eigenvalue weighted by Gasteiger charge is -2.33. The predicted molar refractivity (Wildman–Crippen MR) is 115 cm³/mol. The van der Waals surface area contributed by atoms with E-state index in [9.17, 15) is 0 Å². The van der Waals surface area contributed by atoms with Crippen LogP contribution in [0.4, 0.5) is 5.00 Å². The number of nitrogens with zero attached hydrogens (tertiary/aromatic N) is 2. The summed E-state index contributed by atoms with van der Waals surface area (Å²) in [5.41, 5.74) is 1.11. The monoisotopic (exact) mass is 386 g/mol. The summed E-state index contributed by atoms with van der Waals surface area (Å²) >= 11 is 1.82. The van der Waals surface area contributed by atoms with Crippen LogP contribution in [0.2, 0.25) is 0 Å². The zero-order chi connectivity index (χ0) is 18.9. The summed E-state index contributed by atoms with van der Waals surface area (Å²) in [6.45, 7) is 8.42. The lowest BCUT2D eigenvalue weighted by atomic mass is 10.1. The second-order valence-corrected chi connectivity index (χ2v) is 7.52. The van der Waals surface area contributed by atoms with Gasteiger partial charge in [-0.25, -0.2) is 4.99 Å². The fourth-order valence-corrected chi connectivity index (χ4v) is 4.09. The highest BCUT2D eigenvalue weighted by molar-refractivity contribution is 7.14. The molecule has 0 saturated carbocycles. The number of rotatable bonds is 7. The van der Waals surface area contributed by atoms with Crippen molar-refractivity contribution in [2.75, 3.05) is 31.1 Å². The van der Waals surface area contributed by atoms with Gasteiger partial charge in [0.2, 0.25) is 0 Å². The van der Waals surface area contributed by atoms with E-state index < -0.39 is 0 Å². The van der Waals surface area contributed by atoms with E-state index in [1.54, 1.807) is 0 Å². The van der Waals surface area contributed by atoms with Crippen LogP contribution in [0.5, 0.6) is 5.75 Å². The predicted octanol–water partition coefficient (Wildman–Crippen LogP) is 3.87. The molecule has 27 heavy (non-hydrogen) atoms. The molecule has 2 N–H and O–H groups in total. The first-order valence-electron chi connectivity index (χ1n) is 9.84. The molecule has 0 spiro atoms. The summed E-state index contributed by atoms with van der Waals surface area (Å²) in [6, 6.07) is 12.9. The van der Waals surface area contributed by atoms with Gasteiger partial charge < -0.3 is 20.3 Å². The van der Waals surface area contributed by atoms with Gasteiger partial charge in [-0.2, -0.15) is 0 Å². The Bertz CT molecular complexity index is 709. The Balaban J connectivity index is 1.57. The van der Waals surface area contributed by atoms with Gasteiger partial charge in [0.1, 0.15) is 5.75 Å². The highest BCUT2D eigenvalue weighted by Gasteiger charge is 2.20. The number of anilines is 1. The van der Waals surface area contributed by atoms with Gasteiger partial charge in [0.25, 0.3) is 0 Å². The van der Waals surface area contributed by atoms with Crippen LogP contribution in [0, 0.1) is 0 Å². The zero-order valence-electron chi connectivity index (χ0n) is 16.3. The van der Waals surface area contributed by atoms with Gasteiger partial charge in [0.15, 0.2) is 5.96 Å². The minimum atomic E-state index is 0.459. The van der Waals surface area contributed by atoms with Gasteiger partial charge in [-0.1, -0.05) is 18.2 Å². The van der Waals surface area contributed by atoms with Crippen molar-refractivity contribution < 1.29 is 4.74 Å². The molecule has 3 rings (SSSR count). The number of thiophene rings is 1. The molecule has 0 radical (unpaired) electrons. The summed E-state index contributed by atoms with van der Waals surface area (Å²) in [6.07, 6.45) is 2.25. The van der Waals surface area contributed by atoms with Gasteiger partial charge in [-0.15, -0.1) is 11.3 Å². The maximum Gasteiger partial charge on any atom is 0.191 e. The average molecular weight is 387 g/mol. The summed E-state index contributed by atoms with van der Waals surface area (Å²) < 4.78 is 5.71. The van der Waals surface area contributed by atoms with Crippen molar-refractivity contribution in [1.29, 1.82) is 0 Å². The van der Waals surface area contributed by atoms with Crippen LogP contribution in [0.1, 0.15) is 32.3 Å². The van der Waals surface area contributed by atoms with Crippen molar-refractivity contribution in [3.63, 3.8) is 0 Å². The minimum Gasteiger partial charge on any atom is -0.494 e. The van der Waals surface area contributed by atoms with E-state index in [1.807, 2.05) is 36.5 Å². The van der Waals surface area contributed by atoms with Crippen LogP contribution in [-0.2, 0) is 6.54 Å². The number of benzene rings is 1. The van der Waals surface area contributed by atoms with E-state index in [0.29, 0.717) is 19.2 Å². The summed E-state index contributed by atoms with van der Waals surface area (Å²) in [5, 5.41) is 10.5. The van der Waals surface area contributed by atoms with Gasteiger partial charge in [0, 0.05) is 31.2 Å². The highest BCUT2D eigenvalue weighted by atomic mass is 32.1. The largest absolute Gasteiger partial charge is 0.494 e. The molecule has 1 saturated heterocycles. The zero-order valence-corrected chi connectivity index (χ0v) is 17.1. The fraction of sp³-hybridized carbons (Fsp3) is 0.476. The number of hydrogen-bond donors (Lipinski definition) is 2. The lowest BCUT2D eigenvalue weighted by molar-refractivity contribution is 0.336. The van der Waals surface area contributed by atoms with Gasteiger partial charge >= 0.3 is 0 Å². The van der Waals surface area contributed by atoms with E-state index in [0.717, 1.165) is 49.7 Å². The first kappa shape index (κ1) is 19.5. The summed E-state index contributed by atoms with van der Waals surface area (Å²) in [7, 11) is 0. The third-order valence-corrected chi connectivity index (χ3v) is 5.61. The van der Waals surface area contributed by atoms with Crippen molar-refractivity contribution in [1.82, 2.24) is 10.6 Å². The Morgan fingerprint density at radius 2 is 2.00 bits per heavy atom. The second kappa shape index (κ2) is 10.2. The molecular formula is C21H30N4OS. The van der Waals surface area contributed by atoms with Crippen molar-refractivity contribution in [3.05, 3.63) is 47.3 Å². The summed E-state index contributed by atoms with van der Waals surface area (Å²) in [5.74, 6) is 1.81. The third-order valence-electron chi connectivity index (χ3n) is 4.68. The number of aliphatic imine (C=N–C) groups is 1. The molecule has 5 nitrogen and oxygen atoms in total. The number of piperidine rings is 1. The molecule has 6 heteroatoms. The average Bonchev–Trinajstić information content (AvgIpc) is 3.23. The maximum atomic E-state index is 5.71. The Morgan fingerprint density at radius 3 is 2.70 bits per heavy atom. The van der Waals surface area contributed by atoms with Crippen molar-refractivity contribution in [3.8, 4) is 5.75 Å². The third kappa shape index (κ3) is 5.63. The number of ether oxygens (including phenoxy) is 1. The molecule has 0 amide bonds. The molecule has 1 fully saturated rings. The Labute approximate surface area is 166 Å². The number of guanidine groups is 1. The van der Waals surface area contributed by atoms with E-state index in [-0.39, 0.29) is 0 Å². The van der Waals surface area contributed by atoms with E-state index in [4.69, 9.17) is 9.73 Å². The molecule has 0 unspecified atom stereocenters. The van der Waals surface area contributed by atoms with Crippen LogP contribution in [0.15, 0.2) is 46.8 Å². The molecule has 0 bridgehead atoms. The first-order valence-corrected chi connectivity index (χ1v) is 10.7.